The zero-order valence-electron chi connectivity index (χ0n) is 13.6. The fourth-order valence-electron chi connectivity index (χ4n) is 3.07. The van der Waals surface area contributed by atoms with Crippen LogP contribution in [-0.4, -0.2) is 38.7 Å². The highest BCUT2D eigenvalue weighted by molar-refractivity contribution is 7.22. The average molecular weight is 352 g/mol. The van der Waals surface area contributed by atoms with E-state index in [-0.39, 0.29) is 11.8 Å². The summed E-state index contributed by atoms with van der Waals surface area (Å²) >= 11 is 1.46. The van der Waals surface area contributed by atoms with Gasteiger partial charge in [-0.3, -0.25) is 9.48 Å². The molecule has 3 aromatic rings. The maximum atomic E-state index is 12.4. The van der Waals surface area contributed by atoms with Gasteiger partial charge >= 0.3 is 0 Å². The molecule has 0 spiro atoms. The van der Waals surface area contributed by atoms with Crippen molar-refractivity contribution in [3.8, 4) is 17.5 Å². The molecular formula is C17H16N6OS. The number of benzene rings is 1. The molecule has 0 radical (unpaired) electrons. The zero-order valence-corrected chi connectivity index (χ0v) is 14.5. The van der Waals surface area contributed by atoms with Crippen LogP contribution in [0.15, 0.2) is 30.5 Å². The van der Waals surface area contributed by atoms with Crippen LogP contribution in [0.1, 0.15) is 6.42 Å². The molecule has 1 saturated heterocycles. The molecule has 1 amide bonds. The maximum absolute atomic E-state index is 12.4. The molecule has 1 aliphatic rings. The monoisotopic (exact) mass is 352 g/mol. The molecule has 2 aromatic heterocycles. The topological polar surface area (TPSA) is 86.8 Å². The van der Waals surface area contributed by atoms with Crippen molar-refractivity contribution in [2.24, 2.45) is 13.0 Å². The summed E-state index contributed by atoms with van der Waals surface area (Å²) in [6.45, 7) is 1.13. The van der Waals surface area contributed by atoms with E-state index in [4.69, 9.17) is 5.26 Å². The van der Waals surface area contributed by atoms with Gasteiger partial charge < -0.3 is 10.2 Å². The van der Waals surface area contributed by atoms with E-state index in [1.165, 1.54) is 11.3 Å². The standard InChI is InChI=1S/C17H16N6OS/c1-22-14(4-6-19-22)11-2-3-13-15(8-11)25-17(20-13)21-16(24)12-5-7-23(9-12)10-18/h2-4,6,8,12H,5,7,9H2,1H3,(H,20,21,24). The van der Waals surface area contributed by atoms with Crippen molar-refractivity contribution >= 4 is 32.6 Å². The number of nitrogens with one attached hydrogen (secondary N) is 1. The molecule has 0 bridgehead atoms. The summed E-state index contributed by atoms with van der Waals surface area (Å²) < 4.78 is 2.84. The van der Waals surface area contributed by atoms with Crippen LogP contribution in [0.25, 0.3) is 21.5 Å². The summed E-state index contributed by atoms with van der Waals surface area (Å²) in [6.07, 6.45) is 4.56. The summed E-state index contributed by atoms with van der Waals surface area (Å²) in [4.78, 5) is 18.5. The van der Waals surface area contributed by atoms with Gasteiger partial charge in [-0.2, -0.15) is 10.4 Å². The Balaban J connectivity index is 1.54. The van der Waals surface area contributed by atoms with Crippen LogP contribution in [0.4, 0.5) is 5.13 Å². The van der Waals surface area contributed by atoms with Crippen molar-refractivity contribution < 1.29 is 4.79 Å². The highest BCUT2D eigenvalue weighted by Crippen LogP contribution is 2.31. The number of fused-ring (bicyclic) bond motifs is 1. The predicted molar refractivity (Wildman–Crippen MR) is 95.7 cm³/mol. The maximum Gasteiger partial charge on any atom is 0.231 e. The molecule has 1 fully saturated rings. The molecule has 1 N–H and O–H groups in total. The second-order valence-corrected chi connectivity index (χ2v) is 7.09. The lowest BCUT2D eigenvalue weighted by Gasteiger charge is -2.08. The molecule has 1 unspecified atom stereocenters. The van der Waals surface area contributed by atoms with Gasteiger partial charge in [0.15, 0.2) is 11.3 Å². The van der Waals surface area contributed by atoms with E-state index < -0.39 is 0 Å². The molecule has 8 heteroatoms. The summed E-state index contributed by atoms with van der Waals surface area (Å²) in [6, 6.07) is 7.99. The minimum Gasteiger partial charge on any atom is -0.310 e. The highest BCUT2D eigenvalue weighted by atomic mass is 32.1. The van der Waals surface area contributed by atoms with Crippen molar-refractivity contribution in [1.29, 1.82) is 5.26 Å². The van der Waals surface area contributed by atoms with Gasteiger partial charge in [-0.15, -0.1) is 0 Å². The van der Waals surface area contributed by atoms with Crippen LogP contribution in [0, 0.1) is 17.4 Å². The van der Waals surface area contributed by atoms with Crippen LogP contribution in [-0.2, 0) is 11.8 Å². The molecule has 3 heterocycles. The van der Waals surface area contributed by atoms with Crippen LogP contribution in [0.3, 0.4) is 0 Å². The minimum absolute atomic E-state index is 0.0661. The Morgan fingerprint density at radius 3 is 3.04 bits per heavy atom. The molecule has 7 nitrogen and oxygen atoms in total. The number of likely N-dealkylation sites (tertiary alicyclic amines) is 1. The number of hydrogen-bond acceptors (Lipinski definition) is 6. The summed E-state index contributed by atoms with van der Waals surface area (Å²) in [5.41, 5.74) is 2.95. The first-order valence-corrected chi connectivity index (χ1v) is 8.80. The first-order valence-electron chi connectivity index (χ1n) is 7.98. The van der Waals surface area contributed by atoms with Gasteiger partial charge in [-0.1, -0.05) is 17.4 Å². The van der Waals surface area contributed by atoms with E-state index in [1.54, 1.807) is 11.1 Å². The number of amides is 1. The highest BCUT2D eigenvalue weighted by Gasteiger charge is 2.28. The zero-order chi connectivity index (χ0) is 17.4. The molecule has 25 heavy (non-hydrogen) atoms. The number of carbonyl (C=O) groups excluding carboxylic acids is 1. The first kappa shape index (κ1) is 15.6. The van der Waals surface area contributed by atoms with Crippen molar-refractivity contribution in [3.63, 3.8) is 0 Å². The van der Waals surface area contributed by atoms with Gasteiger partial charge in [0.1, 0.15) is 0 Å². The largest absolute Gasteiger partial charge is 0.310 e. The van der Waals surface area contributed by atoms with Gasteiger partial charge in [0.2, 0.25) is 5.91 Å². The van der Waals surface area contributed by atoms with Crippen LogP contribution >= 0.6 is 11.3 Å². The molecule has 0 saturated carbocycles. The third-order valence-corrected chi connectivity index (χ3v) is 5.37. The normalized spacial score (nSPS) is 17.0. The Hall–Kier alpha value is -2.92. The number of aromatic nitrogens is 3. The summed E-state index contributed by atoms with van der Waals surface area (Å²) in [7, 11) is 1.91. The molecule has 126 valence electrons. The number of nitrogens with zero attached hydrogens (tertiary/aromatic N) is 5. The van der Waals surface area contributed by atoms with Gasteiger partial charge in [0.05, 0.1) is 21.8 Å². The van der Waals surface area contributed by atoms with Crippen LogP contribution in [0.2, 0.25) is 0 Å². The number of hydrogen-bond donors (Lipinski definition) is 1. The molecule has 1 aromatic carbocycles. The number of aryl methyl sites for hydroxylation is 1. The van der Waals surface area contributed by atoms with E-state index in [0.717, 1.165) is 21.5 Å². The lowest BCUT2D eigenvalue weighted by atomic mass is 10.1. The number of carbonyl (C=O) groups is 1. The third kappa shape index (κ3) is 2.94. The second kappa shape index (κ2) is 6.18. The average Bonchev–Trinajstić information content (AvgIpc) is 3.32. The summed E-state index contributed by atoms with van der Waals surface area (Å²) in [5.74, 6) is -0.222. The minimum atomic E-state index is -0.156. The van der Waals surface area contributed by atoms with E-state index in [0.29, 0.717) is 24.6 Å². The Labute approximate surface area is 148 Å². The molecule has 1 atom stereocenters. The molecule has 1 aliphatic heterocycles. The fraction of sp³-hybridized carbons (Fsp3) is 0.294. The van der Waals surface area contributed by atoms with Gasteiger partial charge in [-0.25, -0.2) is 4.98 Å². The quantitative estimate of drug-likeness (QED) is 0.732. The molecule has 4 rings (SSSR count). The molecular weight excluding hydrogens is 336 g/mol. The fourth-order valence-corrected chi connectivity index (χ4v) is 3.98. The SMILES string of the molecule is Cn1nccc1-c1ccc2nc(NC(=O)C3CCN(C#N)C3)sc2c1. The number of thiazole rings is 1. The van der Waals surface area contributed by atoms with Crippen molar-refractivity contribution in [1.82, 2.24) is 19.7 Å². The van der Waals surface area contributed by atoms with E-state index in [9.17, 15) is 4.79 Å². The van der Waals surface area contributed by atoms with Crippen molar-refractivity contribution in [2.45, 2.75) is 6.42 Å². The van der Waals surface area contributed by atoms with E-state index in [2.05, 4.69) is 27.7 Å². The lowest BCUT2D eigenvalue weighted by molar-refractivity contribution is -0.119. The van der Waals surface area contributed by atoms with Gasteiger partial charge in [-0.05, 0) is 24.6 Å². The van der Waals surface area contributed by atoms with Crippen molar-refractivity contribution in [2.75, 3.05) is 18.4 Å². The number of nitriles is 1. The third-order valence-electron chi connectivity index (χ3n) is 4.44. The van der Waals surface area contributed by atoms with Gasteiger partial charge in [0.25, 0.3) is 0 Å². The lowest BCUT2D eigenvalue weighted by Crippen LogP contribution is -2.25. The first-order chi connectivity index (χ1) is 12.1. The van der Waals surface area contributed by atoms with Crippen LogP contribution in [0.5, 0.6) is 0 Å². The smallest absolute Gasteiger partial charge is 0.231 e. The van der Waals surface area contributed by atoms with E-state index in [1.807, 2.05) is 29.9 Å². The number of rotatable bonds is 3. The van der Waals surface area contributed by atoms with Gasteiger partial charge in [0, 0.05) is 31.9 Å². The Morgan fingerprint density at radius 2 is 2.32 bits per heavy atom. The van der Waals surface area contributed by atoms with Crippen LogP contribution < -0.4 is 5.32 Å². The molecule has 0 aliphatic carbocycles. The predicted octanol–water partition coefficient (Wildman–Crippen LogP) is 2.44. The summed E-state index contributed by atoms with van der Waals surface area (Å²) in [5, 5.41) is 16.6. The van der Waals surface area contributed by atoms with Crippen molar-refractivity contribution in [3.05, 3.63) is 30.5 Å². The Bertz CT molecular complexity index is 985. The second-order valence-electron chi connectivity index (χ2n) is 6.06. The Morgan fingerprint density at radius 1 is 1.44 bits per heavy atom. The van der Waals surface area contributed by atoms with E-state index >= 15 is 0 Å². The number of anilines is 1. The Kier molecular flexibility index (Phi) is 3.86.